The fourth-order valence-electron chi connectivity index (χ4n) is 3.04. The number of rotatable bonds is 6. The maximum Gasteiger partial charge on any atom is 0.491 e. The van der Waals surface area contributed by atoms with Gasteiger partial charge in [-0.3, -0.25) is 14.4 Å². The van der Waals surface area contributed by atoms with E-state index in [-0.39, 0.29) is 36.7 Å². The Hall–Kier alpha value is -3.88. The molecule has 0 bridgehead atoms. The Labute approximate surface area is 175 Å². The molecule has 0 saturated heterocycles. The number of nitrogens with one attached hydrogen (secondary N) is 2. The molecule has 12 nitrogen and oxygen atoms in total. The lowest BCUT2D eigenvalue weighted by molar-refractivity contribution is -0.674. The summed E-state index contributed by atoms with van der Waals surface area (Å²) in [6.07, 6.45) is -3.97. The van der Waals surface area contributed by atoms with Gasteiger partial charge in [-0.05, 0) is 0 Å². The molecule has 0 radical (unpaired) electrons. The van der Waals surface area contributed by atoms with Crippen molar-refractivity contribution >= 4 is 17.8 Å². The van der Waals surface area contributed by atoms with E-state index in [0.717, 1.165) is 9.13 Å². The Balaban J connectivity index is 1.98. The zero-order chi connectivity index (χ0) is 23.8. The van der Waals surface area contributed by atoms with Gasteiger partial charge in [0.2, 0.25) is 0 Å². The smallest absolute Gasteiger partial charge is 0.491 e. The van der Waals surface area contributed by atoms with E-state index < -0.39 is 53.4 Å². The van der Waals surface area contributed by atoms with E-state index >= 15 is 0 Å². The van der Waals surface area contributed by atoms with Gasteiger partial charge in [0.25, 0.3) is 11.5 Å². The van der Waals surface area contributed by atoms with Gasteiger partial charge < -0.3 is 29.6 Å². The number of H-pyrrole nitrogens is 1. The van der Waals surface area contributed by atoms with Crippen LogP contribution in [-0.2, 0) is 41.1 Å². The van der Waals surface area contributed by atoms with Crippen molar-refractivity contribution in [3.05, 3.63) is 39.1 Å². The number of imidazole rings is 1. The molecule has 15 heteroatoms. The minimum atomic E-state index is -5.22. The Morgan fingerprint density at radius 3 is 2.66 bits per heavy atom. The summed E-state index contributed by atoms with van der Waals surface area (Å²) in [5.74, 6) is -5.61. The molecule has 2 aromatic heterocycles. The molecule has 1 aliphatic heterocycles. The minimum absolute atomic E-state index is 0.0993. The van der Waals surface area contributed by atoms with Crippen molar-refractivity contribution < 1.29 is 51.8 Å². The summed E-state index contributed by atoms with van der Waals surface area (Å²) in [5, 5.41) is 21.0. The first-order valence-corrected chi connectivity index (χ1v) is 8.82. The first-order chi connectivity index (χ1) is 14.9. The van der Waals surface area contributed by atoms with Gasteiger partial charge in [-0.2, -0.15) is 17.7 Å². The zero-order valence-electron chi connectivity index (χ0n) is 16.3. The number of carboxylic acids is 1. The third-order valence-corrected chi connectivity index (χ3v) is 4.45. The van der Waals surface area contributed by atoms with Gasteiger partial charge in [-0.25, -0.2) is 9.78 Å². The second-order valence-corrected chi connectivity index (χ2v) is 6.69. The fraction of sp³-hybridized carbons (Fsp3) is 0.353. The van der Waals surface area contributed by atoms with E-state index in [4.69, 9.17) is 9.84 Å². The molecule has 3 rings (SSSR count). The van der Waals surface area contributed by atoms with Gasteiger partial charge in [0.1, 0.15) is 24.1 Å². The van der Waals surface area contributed by atoms with Gasteiger partial charge >= 0.3 is 24.1 Å². The van der Waals surface area contributed by atoms with Gasteiger partial charge in [-0.15, -0.1) is 0 Å². The van der Waals surface area contributed by atoms with Crippen LogP contribution in [0, 0.1) is 0 Å². The van der Waals surface area contributed by atoms with Crippen LogP contribution >= 0.6 is 0 Å². The van der Waals surface area contributed by atoms with E-state index in [2.05, 4.69) is 9.72 Å². The number of aryl methyl sites for hydroxylation is 1. The number of aromatic nitrogens is 3. The van der Waals surface area contributed by atoms with Gasteiger partial charge in [0.05, 0.1) is 32.5 Å². The van der Waals surface area contributed by atoms with Crippen molar-refractivity contribution in [3.63, 3.8) is 0 Å². The molecule has 0 aliphatic carbocycles. The third-order valence-electron chi connectivity index (χ3n) is 4.45. The summed E-state index contributed by atoms with van der Waals surface area (Å²) in [6, 6.07) is -0.554. The monoisotopic (exact) mass is 461 g/mol. The molecule has 0 aromatic carbocycles. The first-order valence-electron chi connectivity index (χ1n) is 8.82. The van der Waals surface area contributed by atoms with Crippen LogP contribution in [0.5, 0.6) is 11.8 Å². The normalized spacial score (nSPS) is 13.0. The Kier molecular flexibility index (Phi) is 5.94. The van der Waals surface area contributed by atoms with E-state index in [1.807, 2.05) is 5.32 Å². The average molecular weight is 461 g/mol. The number of aromatic hydroxyl groups is 1. The third kappa shape index (κ3) is 4.41. The van der Waals surface area contributed by atoms with Crippen molar-refractivity contribution in [3.8, 4) is 11.8 Å². The Morgan fingerprint density at radius 2 is 2.03 bits per heavy atom. The number of carbonyl (C=O) groups is 3. The minimum Gasteiger partial charge on any atom is -0.506 e. The standard InChI is InChI=1S/C17H15F3N4O8/c1-23-3-7(22-16(23)32-15(30)17(18,19)20)4-24-9-6-31-5-8(9)12(27)11(14(24)29)13(28)21-2-10(25)26/h3H,2,4-6H2,1H3,(H3,21,25,26,27,28,29)/p+1. The van der Waals surface area contributed by atoms with Crippen LogP contribution < -0.4 is 20.2 Å². The number of aliphatic carboxylic acids is 1. The number of carboxylic acid groups (broad SMARTS) is 1. The molecular formula is C17H16F3N4O8+. The number of nitrogens with zero attached hydrogens (tertiary/aromatic N) is 2. The van der Waals surface area contributed by atoms with Crippen LogP contribution in [0.2, 0.25) is 0 Å². The van der Waals surface area contributed by atoms with Crippen LogP contribution in [-0.4, -0.2) is 50.3 Å². The Bertz CT molecular complexity index is 1170. The van der Waals surface area contributed by atoms with Crippen LogP contribution in [0.25, 0.3) is 0 Å². The molecule has 4 N–H and O–H groups in total. The summed E-state index contributed by atoms with van der Waals surface area (Å²) >= 11 is 0. The number of hydrogen-bond acceptors (Lipinski definition) is 7. The Morgan fingerprint density at radius 1 is 1.34 bits per heavy atom. The average Bonchev–Trinajstić information content (AvgIpc) is 3.30. The summed E-state index contributed by atoms with van der Waals surface area (Å²) in [7, 11) is 1.29. The van der Waals surface area contributed by atoms with E-state index in [9.17, 15) is 37.5 Å². The highest BCUT2D eigenvalue weighted by Gasteiger charge is 2.43. The number of esters is 1. The quantitative estimate of drug-likeness (QED) is 0.317. The number of amides is 1. The molecule has 0 spiro atoms. The van der Waals surface area contributed by atoms with Crippen molar-refractivity contribution in [2.45, 2.75) is 25.9 Å². The van der Waals surface area contributed by atoms with Crippen LogP contribution in [0.15, 0.2) is 11.0 Å². The lowest BCUT2D eigenvalue weighted by Gasteiger charge is -2.14. The topological polar surface area (TPSA) is 164 Å². The molecule has 0 fully saturated rings. The van der Waals surface area contributed by atoms with Crippen molar-refractivity contribution in [1.82, 2.24) is 14.9 Å². The number of alkyl halides is 3. The molecule has 172 valence electrons. The summed E-state index contributed by atoms with van der Waals surface area (Å²) in [5.41, 5.74) is -1.23. The second-order valence-electron chi connectivity index (χ2n) is 6.69. The number of fused-ring (bicyclic) bond motifs is 1. The number of carbonyl (C=O) groups excluding carboxylic acids is 2. The highest BCUT2D eigenvalue weighted by atomic mass is 19.4. The van der Waals surface area contributed by atoms with Gasteiger partial charge in [-0.1, -0.05) is 0 Å². The molecule has 2 aromatic rings. The second kappa shape index (κ2) is 8.33. The predicted molar refractivity (Wildman–Crippen MR) is 93.6 cm³/mol. The van der Waals surface area contributed by atoms with E-state index in [0.29, 0.717) is 0 Å². The van der Waals surface area contributed by atoms with Crippen LogP contribution in [0.3, 0.4) is 0 Å². The van der Waals surface area contributed by atoms with Crippen molar-refractivity contribution in [1.29, 1.82) is 0 Å². The maximum absolute atomic E-state index is 12.9. The number of ether oxygens (including phenoxy) is 2. The molecule has 0 unspecified atom stereocenters. The summed E-state index contributed by atoms with van der Waals surface area (Å²) in [6.45, 7) is -1.35. The van der Waals surface area contributed by atoms with Crippen LogP contribution in [0.4, 0.5) is 13.2 Å². The molecule has 0 atom stereocenters. The summed E-state index contributed by atoms with van der Waals surface area (Å²) < 4.78 is 48.9. The van der Waals surface area contributed by atoms with Gasteiger partial charge in [0.15, 0.2) is 5.69 Å². The lowest BCUT2D eigenvalue weighted by Crippen LogP contribution is -2.37. The molecular weight excluding hydrogens is 445 g/mol. The molecule has 1 amide bonds. The lowest BCUT2D eigenvalue weighted by atomic mass is 10.1. The van der Waals surface area contributed by atoms with Crippen LogP contribution in [0.1, 0.15) is 27.3 Å². The first kappa shape index (κ1) is 22.8. The molecule has 1 aliphatic rings. The molecule has 32 heavy (non-hydrogen) atoms. The molecule has 0 saturated carbocycles. The zero-order valence-corrected chi connectivity index (χ0v) is 16.3. The fourth-order valence-corrected chi connectivity index (χ4v) is 3.04. The maximum atomic E-state index is 12.9. The summed E-state index contributed by atoms with van der Waals surface area (Å²) in [4.78, 5) is 49.4. The highest BCUT2D eigenvalue weighted by Crippen LogP contribution is 2.30. The van der Waals surface area contributed by atoms with Gasteiger partial charge in [0, 0.05) is 5.56 Å². The number of aromatic amines is 1. The van der Waals surface area contributed by atoms with Crippen molar-refractivity contribution in [2.24, 2.45) is 7.05 Å². The number of halogens is 3. The number of pyridine rings is 1. The SMILES string of the molecule is C[n+]1cc(Cn2c3c(c(O)c(C(=O)NCC(=O)O)c2=O)COC3)[nH]c1OC(=O)C(F)(F)F. The number of hydrogen-bond donors (Lipinski definition) is 4. The van der Waals surface area contributed by atoms with E-state index in [1.54, 1.807) is 0 Å². The predicted octanol–water partition coefficient (Wildman–Crippen LogP) is -0.933. The highest BCUT2D eigenvalue weighted by molar-refractivity contribution is 5.98. The largest absolute Gasteiger partial charge is 0.506 e. The van der Waals surface area contributed by atoms with E-state index in [1.165, 1.54) is 13.2 Å². The van der Waals surface area contributed by atoms with Crippen molar-refractivity contribution in [2.75, 3.05) is 6.54 Å². The molecule has 3 heterocycles.